The van der Waals surface area contributed by atoms with Crippen LogP contribution in [-0.2, 0) is 11.3 Å². The van der Waals surface area contributed by atoms with Crippen molar-refractivity contribution in [1.29, 1.82) is 0 Å². The molecule has 2 aromatic heterocycles. The molecule has 2 heterocycles. The van der Waals surface area contributed by atoms with Gasteiger partial charge in [0.2, 0.25) is 5.91 Å². The highest BCUT2D eigenvalue weighted by atomic mass is 32.1. The van der Waals surface area contributed by atoms with E-state index in [1.807, 2.05) is 17.5 Å². The van der Waals surface area contributed by atoms with E-state index in [0.717, 1.165) is 15.5 Å². The number of anilines is 1. The number of nitrogens with zero attached hydrogens (tertiary/aromatic N) is 1. The Kier molecular flexibility index (Phi) is 5.97. The van der Waals surface area contributed by atoms with E-state index in [4.69, 9.17) is 17.0 Å². The van der Waals surface area contributed by atoms with Gasteiger partial charge in [-0.3, -0.25) is 14.2 Å². The molecule has 3 rings (SSSR count). The molecule has 0 aliphatic heterocycles. The number of hydrogen-bond donors (Lipinski definition) is 1. The van der Waals surface area contributed by atoms with Gasteiger partial charge in [-0.15, -0.1) is 22.7 Å². The molecule has 26 heavy (non-hydrogen) atoms. The number of aromatic nitrogens is 1. The van der Waals surface area contributed by atoms with Crippen LogP contribution >= 0.6 is 34.9 Å². The summed E-state index contributed by atoms with van der Waals surface area (Å²) in [6.45, 7) is 0.251. The lowest BCUT2D eigenvalue weighted by Gasteiger charge is -2.08. The summed E-state index contributed by atoms with van der Waals surface area (Å²) in [5.41, 5.74) is 0.493. The second-order valence-electron chi connectivity index (χ2n) is 5.37. The predicted molar refractivity (Wildman–Crippen MR) is 109 cm³/mol. The zero-order chi connectivity index (χ0) is 18.5. The molecule has 0 aliphatic carbocycles. The molecular weight excluding hydrogens is 388 g/mol. The van der Waals surface area contributed by atoms with Gasteiger partial charge in [0.25, 0.3) is 5.56 Å². The highest BCUT2D eigenvalue weighted by Gasteiger charge is 2.08. The van der Waals surface area contributed by atoms with Crippen LogP contribution in [0, 0.1) is 3.95 Å². The van der Waals surface area contributed by atoms with Crippen molar-refractivity contribution in [3.05, 3.63) is 62.2 Å². The maximum absolute atomic E-state index is 12.4. The molecule has 0 spiro atoms. The van der Waals surface area contributed by atoms with Crippen LogP contribution in [0.1, 0.15) is 6.42 Å². The van der Waals surface area contributed by atoms with Crippen LogP contribution in [0.15, 0.2) is 52.6 Å². The summed E-state index contributed by atoms with van der Waals surface area (Å²) in [5.74, 6) is 0.543. The molecule has 0 atom stereocenters. The molecule has 1 N–H and O–H groups in total. The van der Waals surface area contributed by atoms with Crippen molar-refractivity contribution in [2.24, 2.45) is 0 Å². The molecule has 0 aliphatic rings. The Labute approximate surface area is 163 Å². The van der Waals surface area contributed by atoms with Crippen molar-refractivity contribution in [3.63, 3.8) is 0 Å². The van der Waals surface area contributed by atoms with Gasteiger partial charge in [-0.2, -0.15) is 0 Å². The average molecular weight is 405 g/mol. The number of hydrogen-bond acceptors (Lipinski definition) is 6. The molecule has 8 heteroatoms. The highest BCUT2D eigenvalue weighted by Crippen LogP contribution is 2.27. The largest absolute Gasteiger partial charge is 0.497 e. The van der Waals surface area contributed by atoms with Crippen molar-refractivity contribution >= 4 is 46.5 Å². The first-order chi connectivity index (χ1) is 12.6. The molecule has 0 saturated heterocycles. The van der Waals surface area contributed by atoms with Crippen LogP contribution in [0.2, 0.25) is 0 Å². The Hall–Kier alpha value is -2.29. The maximum Gasteiger partial charge on any atom is 0.253 e. The number of nitrogens with one attached hydrogen (secondary N) is 1. The average Bonchev–Trinajstić information content (AvgIpc) is 3.16. The Bertz CT molecular complexity index is 974. The van der Waals surface area contributed by atoms with Gasteiger partial charge >= 0.3 is 0 Å². The van der Waals surface area contributed by atoms with E-state index in [1.165, 1.54) is 15.9 Å². The molecule has 0 saturated carbocycles. The number of amides is 1. The molecule has 0 unspecified atom stereocenters. The van der Waals surface area contributed by atoms with Crippen LogP contribution in [0.5, 0.6) is 5.75 Å². The third-order valence-electron chi connectivity index (χ3n) is 3.64. The summed E-state index contributed by atoms with van der Waals surface area (Å²) in [5, 5.41) is 4.76. The molecule has 0 bridgehead atoms. The molecule has 5 nitrogen and oxygen atoms in total. The molecular formula is C18H16N2O3S3. The highest BCUT2D eigenvalue weighted by molar-refractivity contribution is 7.73. The van der Waals surface area contributed by atoms with E-state index >= 15 is 0 Å². The monoisotopic (exact) mass is 404 g/mol. The third-order valence-corrected chi connectivity index (χ3v) is 6.09. The summed E-state index contributed by atoms with van der Waals surface area (Å²) >= 11 is 8.29. The zero-order valence-corrected chi connectivity index (χ0v) is 16.4. The van der Waals surface area contributed by atoms with Crippen molar-refractivity contribution in [3.8, 4) is 15.5 Å². The summed E-state index contributed by atoms with van der Waals surface area (Å²) < 4.78 is 7.02. The Morgan fingerprint density at radius 2 is 2.00 bits per heavy atom. The molecule has 1 aromatic carbocycles. The lowest BCUT2D eigenvalue weighted by Crippen LogP contribution is -2.22. The molecule has 3 aromatic rings. The molecule has 0 fully saturated rings. The number of benzene rings is 1. The van der Waals surface area contributed by atoms with Gasteiger partial charge in [0.05, 0.1) is 12.0 Å². The van der Waals surface area contributed by atoms with Gasteiger partial charge in [0, 0.05) is 29.6 Å². The van der Waals surface area contributed by atoms with Crippen molar-refractivity contribution < 1.29 is 9.53 Å². The Morgan fingerprint density at radius 3 is 2.62 bits per heavy atom. The second-order valence-corrected chi connectivity index (χ2v) is 7.99. The minimum atomic E-state index is -0.186. The first kappa shape index (κ1) is 18.5. The number of methoxy groups -OCH3 is 1. The minimum Gasteiger partial charge on any atom is -0.497 e. The van der Waals surface area contributed by atoms with Crippen LogP contribution < -0.4 is 15.6 Å². The SMILES string of the molecule is COc1ccc(NC(=O)CCn2c(=O)cc(-c3cccs3)sc2=S)cc1. The Balaban J connectivity index is 1.66. The first-order valence-corrected chi connectivity index (χ1v) is 9.90. The second kappa shape index (κ2) is 8.39. The third kappa shape index (κ3) is 4.46. The fourth-order valence-corrected chi connectivity index (χ4v) is 4.48. The zero-order valence-electron chi connectivity index (χ0n) is 13.9. The van der Waals surface area contributed by atoms with Gasteiger partial charge in [-0.25, -0.2) is 0 Å². The van der Waals surface area contributed by atoms with Crippen LogP contribution in [0.25, 0.3) is 9.75 Å². The van der Waals surface area contributed by atoms with E-state index in [2.05, 4.69) is 5.32 Å². The first-order valence-electron chi connectivity index (χ1n) is 7.79. The van der Waals surface area contributed by atoms with Crippen molar-refractivity contribution in [2.75, 3.05) is 12.4 Å². The topological polar surface area (TPSA) is 60.3 Å². The van der Waals surface area contributed by atoms with Crippen LogP contribution in [0.4, 0.5) is 5.69 Å². The van der Waals surface area contributed by atoms with E-state index in [-0.39, 0.29) is 24.4 Å². The fourth-order valence-electron chi connectivity index (χ4n) is 2.31. The number of ether oxygens (including phenoxy) is 1. The number of thiophene rings is 1. The van der Waals surface area contributed by atoms with E-state index in [1.54, 1.807) is 48.8 Å². The van der Waals surface area contributed by atoms with Gasteiger partial charge in [-0.05, 0) is 47.9 Å². The summed E-state index contributed by atoms with van der Waals surface area (Å²) in [4.78, 5) is 26.4. The molecule has 1 amide bonds. The summed E-state index contributed by atoms with van der Waals surface area (Å²) in [6, 6.07) is 12.5. The predicted octanol–water partition coefficient (Wildman–Crippen LogP) is 4.41. The standard InChI is InChI=1S/C18H16N2O3S3/c1-23-13-6-4-12(5-7-13)19-16(21)8-9-20-17(22)11-15(26-18(20)24)14-3-2-10-25-14/h2-7,10-11H,8-9H2,1H3,(H,19,21). The van der Waals surface area contributed by atoms with Gasteiger partial charge in [0.15, 0.2) is 3.95 Å². The normalized spacial score (nSPS) is 10.5. The van der Waals surface area contributed by atoms with Gasteiger partial charge in [0.1, 0.15) is 5.75 Å². The summed E-state index contributed by atoms with van der Waals surface area (Å²) in [6.07, 6.45) is 0.167. The number of carbonyl (C=O) groups is 1. The van der Waals surface area contributed by atoms with Gasteiger partial charge in [-0.1, -0.05) is 6.07 Å². The Morgan fingerprint density at radius 1 is 1.23 bits per heavy atom. The maximum atomic E-state index is 12.4. The van der Waals surface area contributed by atoms with Crippen molar-refractivity contribution in [2.45, 2.75) is 13.0 Å². The summed E-state index contributed by atoms with van der Waals surface area (Å²) in [7, 11) is 1.59. The lowest BCUT2D eigenvalue weighted by molar-refractivity contribution is -0.116. The molecule has 0 radical (unpaired) electrons. The van der Waals surface area contributed by atoms with Crippen molar-refractivity contribution in [1.82, 2.24) is 4.57 Å². The van der Waals surface area contributed by atoms with Crippen LogP contribution in [-0.4, -0.2) is 17.6 Å². The fraction of sp³-hybridized carbons (Fsp3) is 0.167. The van der Waals surface area contributed by atoms with Crippen LogP contribution in [0.3, 0.4) is 0 Å². The molecule has 134 valence electrons. The van der Waals surface area contributed by atoms with E-state index in [9.17, 15) is 9.59 Å². The lowest BCUT2D eigenvalue weighted by atomic mass is 10.3. The minimum absolute atomic E-state index is 0.167. The van der Waals surface area contributed by atoms with E-state index in [0.29, 0.717) is 9.64 Å². The van der Waals surface area contributed by atoms with E-state index < -0.39 is 0 Å². The number of rotatable bonds is 6. The quantitative estimate of drug-likeness (QED) is 0.619. The number of carbonyl (C=O) groups excluding carboxylic acids is 1. The smallest absolute Gasteiger partial charge is 0.253 e. The van der Waals surface area contributed by atoms with Gasteiger partial charge < -0.3 is 10.1 Å².